The van der Waals surface area contributed by atoms with Gasteiger partial charge in [-0.15, -0.1) is 0 Å². The standard InChI is InChI=1S/C13H17NO/c1-3-14(4-2)13-9-7-12(8-10-13)6-5-11-15/h7-10,15H,3-4,11H2,1-2H3. The summed E-state index contributed by atoms with van der Waals surface area (Å²) in [5, 5.41) is 8.56. The van der Waals surface area contributed by atoms with Gasteiger partial charge >= 0.3 is 0 Å². The number of rotatable bonds is 3. The number of anilines is 1. The molecule has 1 aromatic carbocycles. The maximum absolute atomic E-state index is 8.56. The molecule has 0 saturated heterocycles. The van der Waals surface area contributed by atoms with E-state index in [0.29, 0.717) is 0 Å². The van der Waals surface area contributed by atoms with Gasteiger partial charge in [-0.05, 0) is 38.1 Å². The first-order valence-electron chi connectivity index (χ1n) is 5.26. The lowest BCUT2D eigenvalue weighted by atomic mass is 10.2. The van der Waals surface area contributed by atoms with Crippen LogP contribution in [0.15, 0.2) is 24.3 Å². The van der Waals surface area contributed by atoms with Gasteiger partial charge in [0, 0.05) is 24.3 Å². The third-order valence-corrected chi connectivity index (χ3v) is 2.31. The molecule has 0 heterocycles. The third kappa shape index (κ3) is 3.30. The Hall–Kier alpha value is -1.46. The van der Waals surface area contributed by atoms with E-state index in [2.05, 4.69) is 42.7 Å². The van der Waals surface area contributed by atoms with E-state index >= 15 is 0 Å². The molecular weight excluding hydrogens is 186 g/mol. The van der Waals surface area contributed by atoms with Gasteiger partial charge in [-0.2, -0.15) is 0 Å². The molecule has 0 amide bonds. The quantitative estimate of drug-likeness (QED) is 0.758. The highest BCUT2D eigenvalue weighted by Crippen LogP contribution is 2.14. The van der Waals surface area contributed by atoms with E-state index in [0.717, 1.165) is 18.7 Å². The first-order valence-corrected chi connectivity index (χ1v) is 5.26. The van der Waals surface area contributed by atoms with Gasteiger partial charge in [0.2, 0.25) is 0 Å². The van der Waals surface area contributed by atoms with E-state index in [9.17, 15) is 0 Å². The maximum Gasteiger partial charge on any atom is 0.104 e. The van der Waals surface area contributed by atoms with Crippen molar-refractivity contribution in [1.82, 2.24) is 0 Å². The average molecular weight is 203 g/mol. The van der Waals surface area contributed by atoms with Crippen LogP contribution in [0.5, 0.6) is 0 Å². The van der Waals surface area contributed by atoms with Gasteiger partial charge < -0.3 is 10.0 Å². The lowest BCUT2D eigenvalue weighted by Gasteiger charge is -2.20. The fourth-order valence-electron chi connectivity index (χ4n) is 1.49. The van der Waals surface area contributed by atoms with Crippen LogP contribution in [0.2, 0.25) is 0 Å². The minimum absolute atomic E-state index is 0.0855. The molecule has 0 spiro atoms. The molecule has 15 heavy (non-hydrogen) atoms. The molecule has 0 aliphatic carbocycles. The zero-order valence-corrected chi connectivity index (χ0v) is 9.33. The molecule has 0 fully saturated rings. The first-order chi connectivity index (χ1) is 7.31. The van der Waals surface area contributed by atoms with Crippen molar-refractivity contribution >= 4 is 5.69 Å². The summed E-state index contributed by atoms with van der Waals surface area (Å²) >= 11 is 0. The SMILES string of the molecule is CCN(CC)c1ccc(C#CCO)cc1. The monoisotopic (exact) mass is 203 g/mol. The maximum atomic E-state index is 8.56. The lowest BCUT2D eigenvalue weighted by molar-refractivity contribution is 0.350. The number of aliphatic hydroxyl groups is 1. The zero-order chi connectivity index (χ0) is 11.1. The molecule has 2 heteroatoms. The molecule has 0 atom stereocenters. The van der Waals surface area contributed by atoms with Crippen LogP contribution in [-0.2, 0) is 0 Å². The predicted octanol–water partition coefficient (Wildman–Crippen LogP) is 1.88. The van der Waals surface area contributed by atoms with Crippen molar-refractivity contribution in [2.24, 2.45) is 0 Å². The summed E-state index contributed by atoms with van der Waals surface area (Å²) in [5.41, 5.74) is 2.16. The highest BCUT2D eigenvalue weighted by atomic mass is 16.2. The van der Waals surface area contributed by atoms with Crippen LogP contribution in [0.4, 0.5) is 5.69 Å². The molecule has 2 nitrogen and oxygen atoms in total. The Labute approximate surface area is 91.5 Å². The van der Waals surface area contributed by atoms with E-state index in [1.807, 2.05) is 12.1 Å². The fourth-order valence-corrected chi connectivity index (χ4v) is 1.49. The Morgan fingerprint density at radius 2 is 1.73 bits per heavy atom. The van der Waals surface area contributed by atoms with Gasteiger partial charge in [0.05, 0.1) is 0 Å². The van der Waals surface area contributed by atoms with Crippen molar-refractivity contribution < 1.29 is 5.11 Å². The van der Waals surface area contributed by atoms with Crippen molar-refractivity contribution in [1.29, 1.82) is 0 Å². The Morgan fingerprint density at radius 1 is 1.13 bits per heavy atom. The molecule has 0 bridgehead atoms. The highest BCUT2D eigenvalue weighted by molar-refractivity contribution is 5.50. The van der Waals surface area contributed by atoms with Crippen molar-refractivity contribution in [2.75, 3.05) is 24.6 Å². The summed E-state index contributed by atoms with van der Waals surface area (Å²) in [6, 6.07) is 8.09. The molecule has 0 radical (unpaired) electrons. The molecule has 1 N–H and O–H groups in total. The molecule has 80 valence electrons. The van der Waals surface area contributed by atoms with Gasteiger partial charge in [-0.3, -0.25) is 0 Å². The van der Waals surface area contributed by atoms with Crippen LogP contribution < -0.4 is 4.90 Å². The third-order valence-electron chi connectivity index (χ3n) is 2.31. The van der Waals surface area contributed by atoms with Crippen LogP contribution in [0, 0.1) is 11.8 Å². The number of hydrogen-bond donors (Lipinski definition) is 1. The largest absolute Gasteiger partial charge is 0.384 e. The molecule has 1 rings (SSSR count). The molecule has 0 aliphatic rings. The van der Waals surface area contributed by atoms with Crippen molar-refractivity contribution in [3.8, 4) is 11.8 Å². The van der Waals surface area contributed by atoms with Crippen LogP contribution in [0.1, 0.15) is 19.4 Å². The normalized spacial score (nSPS) is 9.27. The second kappa shape index (κ2) is 6.10. The number of nitrogens with zero attached hydrogens (tertiary/aromatic N) is 1. The Kier molecular flexibility index (Phi) is 4.73. The van der Waals surface area contributed by atoms with E-state index in [1.54, 1.807) is 0 Å². The summed E-state index contributed by atoms with van der Waals surface area (Å²) in [4.78, 5) is 2.28. The number of aliphatic hydroxyl groups excluding tert-OH is 1. The molecule has 0 unspecified atom stereocenters. The Balaban J connectivity index is 2.79. The first kappa shape index (κ1) is 11.6. The van der Waals surface area contributed by atoms with Gasteiger partial charge in [0.25, 0.3) is 0 Å². The second-order valence-corrected chi connectivity index (χ2v) is 3.18. The van der Waals surface area contributed by atoms with E-state index < -0.39 is 0 Å². The van der Waals surface area contributed by atoms with E-state index in [-0.39, 0.29) is 6.61 Å². The topological polar surface area (TPSA) is 23.5 Å². The van der Waals surface area contributed by atoms with Crippen LogP contribution >= 0.6 is 0 Å². The number of benzene rings is 1. The van der Waals surface area contributed by atoms with Crippen molar-refractivity contribution in [2.45, 2.75) is 13.8 Å². The summed E-state index contributed by atoms with van der Waals surface area (Å²) < 4.78 is 0. The Morgan fingerprint density at radius 3 is 2.20 bits per heavy atom. The fraction of sp³-hybridized carbons (Fsp3) is 0.385. The van der Waals surface area contributed by atoms with Crippen molar-refractivity contribution in [3.05, 3.63) is 29.8 Å². The zero-order valence-electron chi connectivity index (χ0n) is 9.33. The summed E-state index contributed by atoms with van der Waals surface area (Å²) in [7, 11) is 0. The molecular formula is C13H17NO. The van der Waals surface area contributed by atoms with Gasteiger partial charge in [-0.25, -0.2) is 0 Å². The summed E-state index contributed by atoms with van der Waals surface area (Å²) in [6.07, 6.45) is 0. The van der Waals surface area contributed by atoms with Gasteiger partial charge in [0.15, 0.2) is 0 Å². The molecule has 0 aromatic heterocycles. The van der Waals surface area contributed by atoms with Gasteiger partial charge in [0.1, 0.15) is 6.61 Å². The van der Waals surface area contributed by atoms with Gasteiger partial charge in [-0.1, -0.05) is 11.8 Å². The average Bonchev–Trinajstić information content (AvgIpc) is 2.29. The minimum Gasteiger partial charge on any atom is -0.384 e. The molecule has 1 aromatic rings. The van der Waals surface area contributed by atoms with Crippen LogP contribution in [0.3, 0.4) is 0 Å². The van der Waals surface area contributed by atoms with E-state index in [4.69, 9.17) is 5.11 Å². The Bertz CT molecular complexity index is 341. The van der Waals surface area contributed by atoms with E-state index in [1.165, 1.54) is 5.69 Å². The smallest absolute Gasteiger partial charge is 0.104 e. The van der Waals surface area contributed by atoms with Crippen molar-refractivity contribution in [3.63, 3.8) is 0 Å². The molecule has 0 aliphatic heterocycles. The molecule has 0 saturated carbocycles. The minimum atomic E-state index is -0.0855. The predicted molar refractivity (Wildman–Crippen MR) is 64.0 cm³/mol. The second-order valence-electron chi connectivity index (χ2n) is 3.18. The summed E-state index contributed by atoms with van der Waals surface area (Å²) in [5.74, 6) is 5.51. The number of hydrogen-bond acceptors (Lipinski definition) is 2. The highest BCUT2D eigenvalue weighted by Gasteiger charge is 1.99. The van der Waals surface area contributed by atoms with Crippen LogP contribution in [0.25, 0.3) is 0 Å². The summed E-state index contributed by atoms with van der Waals surface area (Å²) in [6.45, 7) is 6.22. The van der Waals surface area contributed by atoms with Crippen LogP contribution in [-0.4, -0.2) is 24.8 Å². The lowest BCUT2D eigenvalue weighted by Crippen LogP contribution is -2.21.